The molecule has 0 aliphatic heterocycles. The van der Waals surface area contributed by atoms with Crippen LogP contribution < -0.4 is 5.56 Å². The summed E-state index contributed by atoms with van der Waals surface area (Å²) >= 11 is 0. The van der Waals surface area contributed by atoms with Crippen molar-refractivity contribution in [3.8, 4) is 11.1 Å². The van der Waals surface area contributed by atoms with Crippen molar-refractivity contribution in [3.05, 3.63) is 99.7 Å². The van der Waals surface area contributed by atoms with Gasteiger partial charge in [0.25, 0.3) is 5.56 Å². The molecule has 0 radical (unpaired) electrons. The lowest BCUT2D eigenvalue weighted by atomic mass is 10.0. The molecule has 4 aromatic rings. The van der Waals surface area contributed by atoms with Gasteiger partial charge in [0.05, 0.1) is 29.5 Å². The summed E-state index contributed by atoms with van der Waals surface area (Å²) in [5.41, 5.74) is 3.50. The van der Waals surface area contributed by atoms with Gasteiger partial charge in [-0.1, -0.05) is 24.3 Å². The summed E-state index contributed by atoms with van der Waals surface area (Å²) in [5, 5.41) is 0. The molecule has 0 unspecified atom stereocenters. The normalized spacial score (nSPS) is 12.5. The second-order valence-electron chi connectivity index (χ2n) is 6.96. The second-order valence-corrected chi connectivity index (χ2v) is 6.96. The topological polar surface area (TPSA) is 47.8 Å². The average Bonchev–Trinajstić information content (AvgIpc) is 3.19. The van der Waals surface area contributed by atoms with Crippen molar-refractivity contribution in [2.75, 3.05) is 0 Å². The number of aromatic nitrogens is 3. The summed E-state index contributed by atoms with van der Waals surface area (Å²) < 4.78 is 31.1. The molecule has 29 heavy (non-hydrogen) atoms. The van der Waals surface area contributed by atoms with E-state index in [1.54, 1.807) is 30.5 Å². The minimum Gasteiger partial charge on any atom is -0.301 e. The predicted octanol–water partition coefficient (Wildman–Crippen LogP) is 4.35. The van der Waals surface area contributed by atoms with Crippen LogP contribution in [0.2, 0.25) is 0 Å². The van der Waals surface area contributed by atoms with E-state index >= 15 is 0 Å². The zero-order chi connectivity index (χ0) is 20.0. The van der Waals surface area contributed by atoms with E-state index in [4.69, 9.17) is 0 Å². The molecule has 0 fully saturated rings. The van der Waals surface area contributed by atoms with Gasteiger partial charge in [0.2, 0.25) is 0 Å². The molecule has 0 atom stereocenters. The molecule has 5 rings (SSSR count). The first-order valence-electron chi connectivity index (χ1n) is 9.18. The van der Waals surface area contributed by atoms with Crippen molar-refractivity contribution < 1.29 is 8.78 Å². The average molecular weight is 387 g/mol. The molecule has 0 saturated carbocycles. The summed E-state index contributed by atoms with van der Waals surface area (Å²) in [6, 6.07) is 11.4. The summed E-state index contributed by atoms with van der Waals surface area (Å²) in [6.45, 7) is -0.217. The molecule has 0 bridgehead atoms. The quantitative estimate of drug-likeness (QED) is 0.525. The van der Waals surface area contributed by atoms with Crippen LogP contribution in [-0.2, 0) is 13.0 Å². The van der Waals surface area contributed by atoms with Gasteiger partial charge < -0.3 is 4.57 Å². The fraction of sp³-hybridized carbons (Fsp3) is 0.0870. The van der Waals surface area contributed by atoms with E-state index in [9.17, 15) is 13.6 Å². The van der Waals surface area contributed by atoms with Crippen LogP contribution in [0.15, 0.2) is 65.7 Å². The van der Waals surface area contributed by atoms with E-state index in [0.717, 1.165) is 23.9 Å². The first-order chi connectivity index (χ1) is 14.1. The predicted molar refractivity (Wildman–Crippen MR) is 107 cm³/mol. The van der Waals surface area contributed by atoms with Crippen LogP contribution in [0.4, 0.5) is 8.78 Å². The smallest absolute Gasteiger partial charge is 0.269 e. The van der Waals surface area contributed by atoms with E-state index < -0.39 is 17.2 Å². The number of nitrogens with zero attached hydrogens (tertiary/aromatic N) is 3. The maximum Gasteiger partial charge on any atom is 0.269 e. The molecule has 0 amide bonds. The van der Waals surface area contributed by atoms with Crippen molar-refractivity contribution in [1.82, 2.24) is 14.5 Å². The van der Waals surface area contributed by atoms with Gasteiger partial charge in [-0.25, -0.2) is 13.8 Å². The molecule has 2 heterocycles. The van der Waals surface area contributed by atoms with E-state index in [1.807, 2.05) is 18.2 Å². The van der Waals surface area contributed by atoms with Crippen molar-refractivity contribution in [2.24, 2.45) is 0 Å². The third-order valence-corrected chi connectivity index (χ3v) is 5.16. The number of rotatable bonds is 3. The fourth-order valence-electron chi connectivity index (χ4n) is 3.64. The Morgan fingerprint density at radius 2 is 1.76 bits per heavy atom. The summed E-state index contributed by atoms with van der Waals surface area (Å²) in [4.78, 5) is 20.7. The molecule has 1 aliphatic carbocycles. The summed E-state index contributed by atoms with van der Waals surface area (Å²) in [6.07, 6.45) is 7.51. The van der Waals surface area contributed by atoms with Crippen LogP contribution in [0.1, 0.15) is 16.8 Å². The fourth-order valence-corrected chi connectivity index (χ4v) is 3.64. The molecular formula is C23H15F2N3O. The lowest BCUT2D eigenvalue weighted by Gasteiger charge is -2.13. The number of fused-ring (bicyclic) bond motifs is 2. The highest BCUT2D eigenvalue weighted by atomic mass is 19.1. The molecule has 0 N–H and O–H groups in total. The van der Waals surface area contributed by atoms with Crippen LogP contribution in [-0.4, -0.2) is 14.5 Å². The van der Waals surface area contributed by atoms with Crippen LogP contribution in [0.3, 0.4) is 0 Å². The maximum atomic E-state index is 14.9. The van der Waals surface area contributed by atoms with Crippen LogP contribution in [0.25, 0.3) is 28.2 Å². The van der Waals surface area contributed by atoms with E-state index in [-0.39, 0.29) is 12.1 Å². The number of hydrogen-bond acceptors (Lipinski definition) is 3. The number of pyridine rings is 1. The first kappa shape index (κ1) is 17.4. The van der Waals surface area contributed by atoms with Crippen LogP contribution in [0, 0.1) is 11.6 Å². The standard InChI is InChI=1S/C23H15F2N3O/c24-18-9-15(16-8-14-4-3-6-20(14)26-11-16)10-19(25)17(18)13-28-22-7-2-1-5-21(22)27-12-23(28)29/h1-5,7-12H,6,13H2. The molecule has 4 nitrogen and oxygen atoms in total. The minimum absolute atomic E-state index is 0.166. The number of hydrogen-bond donors (Lipinski definition) is 0. The van der Waals surface area contributed by atoms with Gasteiger partial charge in [0.1, 0.15) is 11.6 Å². The van der Waals surface area contributed by atoms with Crippen molar-refractivity contribution in [1.29, 1.82) is 0 Å². The zero-order valence-corrected chi connectivity index (χ0v) is 15.3. The van der Waals surface area contributed by atoms with E-state index in [0.29, 0.717) is 22.2 Å². The highest BCUT2D eigenvalue weighted by Gasteiger charge is 2.16. The van der Waals surface area contributed by atoms with E-state index in [2.05, 4.69) is 9.97 Å². The molecule has 2 aromatic heterocycles. The number of para-hydroxylation sites is 2. The molecule has 1 aliphatic rings. The molecule has 0 saturated heterocycles. The Bertz CT molecular complexity index is 1340. The Morgan fingerprint density at radius 1 is 0.966 bits per heavy atom. The molecular weight excluding hydrogens is 372 g/mol. The van der Waals surface area contributed by atoms with Gasteiger partial charge in [-0.2, -0.15) is 0 Å². The summed E-state index contributed by atoms with van der Waals surface area (Å²) in [7, 11) is 0. The second kappa shape index (κ2) is 6.74. The first-order valence-corrected chi connectivity index (χ1v) is 9.18. The molecule has 0 spiro atoms. The van der Waals surface area contributed by atoms with Crippen LogP contribution in [0.5, 0.6) is 0 Å². The van der Waals surface area contributed by atoms with Gasteiger partial charge >= 0.3 is 0 Å². The molecule has 2 aromatic carbocycles. The monoisotopic (exact) mass is 387 g/mol. The highest BCUT2D eigenvalue weighted by Crippen LogP contribution is 2.28. The maximum absolute atomic E-state index is 14.9. The van der Waals surface area contributed by atoms with Gasteiger partial charge in [0, 0.05) is 23.7 Å². The van der Waals surface area contributed by atoms with Crippen LogP contribution >= 0.6 is 0 Å². The number of allylic oxidation sites excluding steroid dienone is 1. The lowest BCUT2D eigenvalue weighted by Crippen LogP contribution is -2.22. The third kappa shape index (κ3) is 3.02. The van der Waals surface area contributed by atoms with Crippen molar-refractivity contribution in [3.63, 3.8) is 0 Å². The third-order valence-electron chi connectivity index (χ3n) is 5.16. The highest BCUT2D eigenvalue weighted by molar-refractivity contribution is 5.74. The zero-order valence-electron chi connectivity index (χ0n) is 15.3. The SMILES string of the molecule is O=c1cnc2ccccc2n1Cc1c(F)cc(-c2cnc3c(c2)C=CC3)cc1F. The number of benzene rings is 2. The number of halogens is 2. The Balaban J connectivity index is 1.57. The van der Waals surface area contributed by atoms with Gasteiger partial charge in [0.15, 0.2) is 0 Å². The van der Waals surface area contributed by atoms with Gasteiger partial charge in [-0.15, -0.1) is 0 Å². The van der Waals surface area contributed by atoms with Gasteiger partial charge in [-0.05, 0) is 41.5 Å². The lowest BCUT2D eigenvalue weighted by molar-refractivity contribution is 0.545. The molecule has 6 heteroatoms. The van der Waals surface area contributed by atoms with Crippen molar-refractivity contribution >= 4 is 17.1 Å². The minimum atomic E-state index is -0.705. The summed E-state index contributed by atoms with van der Waals surface area (Å²) in [5.74, 6) is -1.41. The molecule has 142 valence electrons. The Labute approximate surface area is 164 Å². The largest absolute Gasteiger partial charge is 0.301 e. The Hall–Kier alpha value is -3.67. The van der Waals surface area contributed by atoms with Gasteiger partial charge in [-0.3, -0.25) is 9.78 Å². The Kier molecular flexibility index (Phi) is 4.05. The van der Waals surface area contributed by atoms with Crippen molar-refractivity contribution in [2.45, 2.75) is 13.0 Å². The van der Waals surface area contributed by atoms with E-state index in [1.165, 1.54) is 16.7 Å². The Morgan fingerprint density at radius 3 is 2.59 bits per heavy atom.